The van der Waals surface area contributed by atoms with Crippen molar-refractivity contribution in [1.82, 2.24) is 15.0 Å². The van der Waals surface area contributed by atoms with Crippen LogP contribution in [0, 0.1) is 5.82 Å². The second-order valence-corrected chi connectivity index (χ2v) is 5.50. The highest BCUT2D eigenvalue weighted by Gasteiger charge is 2.11. The molecule has 1 N–H and O–H groups in total. The molecule has 0 radical (unpaired) electrons. The van der Waals surface area contributed by atoms with Gasteiger partial charge in [0.1, 0.15) is 17.8 Å². The molecule has 2 aromatic heterocycles. The van der Waals surface area contributed by atoms with Gasteiger partial charge in [-0.05, 0) is 36.2 Å². The lowest BCUT2D eigenvalue weighted by Crippen LogP contribution is -2.14. The maximum Gasteiger partial charge on any atom is 0.275 e. The molecule has 7 heteroatoms. The normalized spacial score (nSPS) is 10.4. The molecule has 1 aromatic carbocycles. The Morgan fingerprint density at radius 2 is 2.00 bits per heavy atom. The van der Waals surface area contributed by atoms with Crippen LogP contribution in [-0.4, -0.2) is 28.0 Å². The van der Waals surface area contributed by atoms with Crippen LogP contribution in [-0.2, 0) is 6.42 Å². The number of aromatic nitrogens is 3. The number of amides is 1. The molecule has 0 spiro atoms. The number of rotatable bonds is 5. The molecule has 0 aliphatic heterocycles. The van der Waals surface area contributed by atoms with E-state index < -0.39 is 5.82 Å². The van der Waals surface area contributed by atoms with Crippen LogP contribution in [0.15, 0.2) is 48.9 Å². The van der Waals surface area contributed by atoms with Crippen molar-refractivity contribution in [1.29, 1.82) is 0 Å². The van der Waals surface area contributed by atoms with E-state index in [0.717, 1.165) is 12.0 Å². The minimum absolute atomic E-state index is 0.118. The van der Waals surface area contributed by atoms with Crippen LogP contribution in [0.25, 0.3) is 11.3 Å². The van der Waals surface area contributed by atoms with Crippen LogP contribution < -0.4 is 10.1 Å². The summed E-state index contributed by atoms with van der Waals surface area (Å²) in [5.74, 6) is -0.383. The quantitative estimate of drug-likeness (QED) is 0.760. The Morgan fingerprint density at radius 3 is 2.69 bits per heavy atom. The lowest BCUT2D eigenvalue weighted by Gasteiger charge is -2.08. The van der Waals surface area contributed by atoms with Crippen LogP contribution in [0.2, 0.25) is 0 Å². The molecule has 0 fully saturated rings. The first kappa shape index (κ1) is 17.5. The smallest absolute Gasteiger partial charge is 0.275 e. The van der Waals surface area contributed by atoms with E-state index in [4.69, 9.17) is 4.74 Å². The Kier molecular flexibility index (Phi) is 5.17. The fourth-order valence-electron chi connectivity index (χ4n) is 2.35. The van der Waals surface area contributed by atoms with E-state index in [1.807, 2.05) is 13.0 Å². The highest BCUT2D eigenvalue weighted by Crippen LogP contribution is 2.25. The monoisotopic (exact) mass is 352 g/mol. The molecule has 6 nitrogen and oxygen atoms in total. The standard InChI is InChI=1S/C19H17FN4O2/c1-3-12-4-7-15(21-10-12)19(25)24-18-9-16(22-11-23-18)13-5-6-14(20)17(8-13)26-2/h4-11H,3H2,1-2H3,(H,22,23,24,25). The van der Waals surface area contributed by atoms with Crippen LogP contribution in [0.4, 0.5) is 10.2 Å². The summed E-state index contributed by atoms with van der Waals surface area (Å²) in [4.78, 5) is 24.7. The summed E-state index contributed by atoms with van der Waals surface area (Å²) in [5, 5.41) is 2.69. The Bertz CT molecular complexity index is 929. The Hall–Kier alpha value is -3.35. The number of pyridine rings is 1. The van der Waals surface area contributed by atoms with E-state index in [0.29, 0.717) is 22.8 Å². The van der Waals surface area contributed by atoms with Gasteiger partial charge in [0, 0.05) is 17.8 Å². The van der Waals surface area contributed by atoms with Gasteiger partial charge in [0.25, 0.3) is 5.91 Å². The minimum atomic E-state index is -0.458. The van der Waals surface area contributed by atoms with Gasteiger partial charge in [0.05, 0.1) is 12.8 Å². The van der Waals surface area contributed by atoms with Crippen molar-refractivity contribution in [3.8, 4) is 17.0 Å². The van der Waals surface area contributed by atoms with Gasteiger partial charge in [-0.3, -0.25) is 9.78 Å². The molecule has 0 bridgehead atoms. The number of methoxy groups -OCH3 is 1. The zero-order valence-corrected chi connectivity index (χ0v) is 14.4. The molecule has 0 atom stereocenters. The number of aryl methyl sites for hydroxylation is 1. The van der Waals surface area contributed by atoms with E-state index in [1.54, 1.807) is 24.4 Å². The second kappa shape index (κ2) is 7.69. The van der Waals surface area contributed by atoms with Gasteiger partial charge < -0.3 is 10.1 Å². The van der Waals surface area contributed by atoms with E-state index in [1.165, 1.54) is 25.6 Å². The number of carbonyl (C=O) groups excluding carboxylic acids is 1. The number of nitrogens with one attached hydrogen (secondary N) is 1. The van der Waals surface area contributed by atoms with E-state index >= 15 is 0 Å². The molecule has 1 amide bonds. The molecular formula is C19H17FN4O2. The largest absolute Gasteiger partial charge is 0.494 e. The maximum atomic E-state index is 13.6. The molecule has 3 aromatic rings. The van der Waals surface area contributed by atoms with Crippen molar-refractivity contribution in [3.05, 3.63) is 66.0 Å². The van der Waals surface area contributed by atoms with E-state index in [-0.39, 0.29) is 11.7 Å². The summed E-state index contributed by atoms with van der Waals surface area (Å²) in [6.45, 7) is 2.02. The maximum absolute atomic E-state index is 13.6. The zero-order chi connectivity index (χ0) is 18.5. The molecule has 26 heavy (non-hydrogen) atoms. The van der Waals surface area contributed by atoms with Gasteiger partial charge in [-0.2, -0.15) is 0 Å². The first-order valence-electron chi connectivity index (χ1n) is 8.03. The molecule has 132 valence electrons. The number of benzene rings is 1. The summed E-state index contributed by atoms with van der Waals surface area (Å²) in [6, 6.07) is 9.54. The summed E-state index contributed by atoms with van der Waals surface area (Å²) >= 11 is 0. The van der Waals surface area contributed by atoms with Crippen LogP contribution in [0.5, 0.6) is 5.75 Å². The molecule has 2 heterocycles. The van der Waals surface area contributed by atoms with Gasteiger partial charge in [-0.15, -0.1) is 0 Å². The SMILES string of the molecule is CCc1ccc(C(=O)Nc2cc(-c3ccc(F)c(OC)c3)ncn2)nc1. The van der Waals surface area contributed by atoms with Gasteiger partial charge in [0.2, 0.25) is 0 Å². The van der Waals surface area contributed by atoms with Crippen molar-refractivity contribution in [2.24, 2.45) is 0 Å². The summed E-state index contributed by atoms with van der Waals surface area (Å²) in [6.07, 6.45) is 3.85. The topological polar surface area (TPSA) is 77.0 Å². The van der Waals surface area contributed by atoms with Crippen LogP contribution >= 0.6 is 0 Å². The Labute approximate surface area is 150 Å². The third-order valence-electron chi connectivity index (χ3n) is 3.82. The third-order valence-corrected chi connectivity index (χ3v) is 3.82. The first-order valence-corrected chi connectivity index (χ1v) is 8.03. The van der Waals surface area contributed by atoms with Gasteiger partial charge in [0.15, 0.2) is 11.6 Å². The summed E-state index contributed by atoms with van der Waals surface area (Å²) in [5.41, 5.74) is 2.52. The fraction of sp³-hybridized carbons (Fsp3) is 0.158. The van der Waals surface area contributed by atoms with Gasteiger partial charge >= 0.3 is 0 Å². The number of halogens is 1. The van der Waals surface area contributed by atoms with Crippen molar-refractivity contribution < 1.29 is 13.9 Å². The highest BCUT2D eigenvalue weighted by molar-refractivity contribution is 6.02. The molecule has 0 aliphatic rings. The number of hydrogen-bond acceptors (Lipinski definition) is 5. The lowest BCUT2D eigenvalue weighted by molar-refractivity contribution is 0.102. The minimum Gasteiger partial charge on any atom is -0.494 e. The zero-order valence-electron chi connectivity index (χ0n) is 14.4. The van der Waals surface area contributed by atoms with Crippen molar-refractivity contribution in [2.45, 2.75) is 13.3 Å². The molecule has 3 rings (SSSR count). The molecule has 0 saturated carbocycles. The number of hydrogen-bond donors (Lipinski definition) is 1. The van der Waals surface area contributed by atoms with Crippen LogP contribution in [0.3, 0.4) is 0 Å². The van der Waals surface area contributed by atoms with Crippen molar-refractivity contribution in [2.75, 3.05) is 12.4 Å². The summed E-state index contributed by atoms with van der Waals surface area (Å²) in [7, 11) is 1.39. The van der Waals surface area contributed by atoms with Crippen molar-refractivity contribution in [3.63, 3.8) is 0 Å². The second-order valence-electron chi connectivity index (χ2n) is 5.50. The Balaban J connectivity index is 1.81. The third kappa shape index (κ3) is 3.83. The molecule has 0 saturated heterocycles. The van der Waals surface area contributed by atoms with Crippen LogP contribution in [0.1, 0.15) is 23.0 Å². The average Bonchev–Trinajstić information content (AvgIpc) is 2.68. The highest BCUT2D eigenvalue weighted by atomic mass is 19.1. The summed E-state index contributed by atoms with van der Waals surface area (Å²) < 4.78 is 18.5. The van der Waals surface area contributed by atoms with E-state index in [9.17, 15) is 9.18 Å². The fourth-order valence-corrected chi connectivity index (χ4v) is 2.35. The molecule has 0 aliphatic carbocycles. The predicted octanol–water partition coefficient (Wildman–Crippen LogP) is 3.50. The first-order chi connectivity index (χ1) is 12.6. The van der Waals surface area contributed by atoms with Gasteiger partial charge in [-0.25, -0.2) is 14.4 Å². The number of nitrogens with zero attached hydrogens (tertiary/aromatic N) is 3. The number of anilines is 1. The Morgan fingerprint density at radius 1 is 1.15 bits per heavy atom. The van der Waals surface area contributed by atoms with E-state index in [2.05, 4.69) is 20.3 Å². The molecule has 0 unspecified atom stereocenters. The lowest BCUT2D eigenvalue weighted by atomic mass is 10.1. The van der Waals surface area contributed by atoms with Crippen molar-refractivity contribution >= 4 is 11.7 Å². The average molecular weight is 352 g/mol. The number of ether oxygens (including phenoxy) is 1. The molecular weight excluding hydrogens is 335 g/mol. The predicted molar refractivity (Wildman–Crippen MR) is 95.5 cm³/mol. The van der Waals surface area contributed by atoms with Gasteiger partial charge in [-0.1, -0.05) is 13.0 Å². The number of carbonyl (C=O) groups is 1.